The standard InChI is InChI=1S/C26H35N5O2S.ClH/c1-17(32)29-14-18-3-2-4-22(10-18)23-16-34-25(31-23)30-15-24(27)28-5-6-33-26-11-19-7-20(12-26)9-21(8-19)13-26;/h2-4,10,15-16,19-21,24,28H,5-9,11-14,27H2,1H3,(H,29,32);1H. The van der Waals surface area contributed by atoms with E-state index >= 15 is 0 Å². The highest BCUT2D eigenvalue weighted by Crippen LogP contribution is 2.57. The Bertz CT molecular complexity index is 1010. The number of aromatic nitrogens is 1. The molecule has 0 saturated heterocycles. The van der Waals surface area contributed by atoms with Gasteiger partial charge in [0.25, 0.3) is 0 Å². The van der Waals surface area contributed by atoms with Crippen LogP contribution in [0.5, 0.6) is 0 Å². The van der Waals surface area contributed by atoms with Crippen LogP contribution in [0.15, 0.2) is 34.6 Å². The molecule has 6 rings (SSSR count). The Labute approximate surface area is 217 Å². The van der Waals surface area contributed by atoms with Crippen molar-refractivity contribution < 1.29 is 9.53 Å². The van der Waals surface area contributed by atoms with E-state index in [0.717, 1.165) is 41.1 Å². The maximum Gasteiger partial charge on any atom is 0.217 e. The van der Waals surface area contributed by atoms with E-state index in [1.807, 2.05) is 29.6 Å². The minimum absolute atomic E-state index is 0. The maximum atomic E-state index is 11.2. The minimum Gasteiger partial charge on any atom is -0.374 e. The van der Waals surface area contributed by atoms with Gasteiger partial charge in [-0.1, -0.05) is 18.2 Å². The molecule has 1 unspecified atom stereocenters. The zero-order valence-electron chi connectivity index (χ0n) is 20.2. The van der Waals surface area contributed by atoms with Crippen molar-refractivity contribution in [3.05, 3.63) is 35.2 Å². The maximum absolute atomic E-state index is 11.2. The molecule has 1 aromatic carbocycles. The SMILES string of the molecule is CC(=O)NCc1cccc(-c2csc(N=CC(N)NCCOC34CC5CC(CC(C5)C3)C4)n2)c1.Cl. The lowest BCUT2D eigenvalue weighted by Gasteiger charge is -2.56. The van der Waals surface area contributed by atoms with Gasteiger partial charge < -0.3 is 15.8 Å². The molecular weight excluding hydrogens is 482 g/mol. The zero-order valence-corrected chi connectivity index (χ0v) is 21.9. The molecule has 4 fully saturated rings. The average molecular weight is 518 g/mol. The van der Waals surface area contributed by atoms with E-state index in [-0.39, 0.29) is 30.1 Å². The van der Waals surface area contributed by atoms with Crippen LogP contribution in [0.1, 0.15) is 51.0 Å². The number of hydrogen-bond donors (Lipinski definition) is 3. The van der Waals surface area contributed by atoms with Gasteiger partial charge in [0.1, 0.15) is 0 Å². The summed E-state index contributed by atoms with van der Waals surface area (Å²) in [6.45, 7) is 3.44. The first-order chi connectivity index (χ1) is 16.5. The normalized spacial score (nSPS) is 27.7. The van der Waals surface area contributed by atoms with E-state index in [1.165, 1.54) is 56.8 Å². The Hall–Kier alpha value is -1.84. The van der Waals surface area contributed by atoms with Crippen LogP contribution in [-0.4, -0.2) is 42.0 Å². The first kappa shape index (κ1) is 26.2. The van der Waals surface area contributed by atoms with E-state index in [2.05, 4.69) is 20.6 Å². The van der Waals surface area contributed by atoms with Gasteiger partial charge in [-0.2, -0.15) is 0 Å². The monoisotopic (exact) mass is 517 g/mol. The second-order valence-corrected chi connectivity index (χ2v) is 11.2. The molecule has 1 aromatic heterocycles. The van der Waals surface area contributed by atoms with Crippen LogP contribution in [0, 0.1) is 17.8 Å². The van der Waals surface area contributed by atoms with Crippen LogP contribution in [-0.2, 0) is 16.1 Å². The number of carbonyl (C=O) groups is 1. The van der Waals surface area contributed by atoms with E-state index in [9.17, 15) is 4.79 Å². The highest BCUT2D eigenvalue weighted by atomic mass is 35.5. The molecule has 4 aliphatic carbocycles. The molecule has 4 N–H and O–H groups in total. The summed E-state index contributed by atoms with van der Waals surface area (Å²) in [6.07, 6.45) is 9.45. The predicted molar refractivity (Wildman–Crippen MR) is 143 cm³/mol. The summed E-state index contributed by atoms with van der Waals surface area (Å²) in [5, 5.41) is 8.78. The van der Waals surface area contributed by atoms with Crippen LogP contribution >= 0.6 is 23.7 Å². The molecule has 35 heavy (non-hydrogen) atoms. The third-order valence-corrected chi connectivity index (χ3v) is 8.22. The molecule has 4 bridgehead atoms. The molecule has 9 heteroatoms. The molecule has 4 aliphatic rings. The summed E-state index contributed by atoms with van der Waals surface area (Å²) < 4.78 is 6.45. The van der Waals surface area contributed by atoms with Gasteiger partial charge in [-0.15, -0.1) is 23.7 Å². The summed E-state index contributed by atoms with van der Waals surface area (Å²) in [6, 6.07) is 8.01. The molecule has 7 nitrogen and oxygen atoms in total. The average Bonchev–Trinajstić information content (AvgIpc) is 3.28. The number of benzene rings is 1. The van der Waals surface area contributed by atoms with Gasteiger partial charge in [0.15, 0.2) is 0 Å². The number of thiazole rings is 1. The Kier molecular flexibility index (Phi) is 8.60. The summed E-state index contributed by atoms with van der Waals surface area (Å²) in [4.78, 5) is 20.2. The number of nitrogens with zero attached hydrogens (tertiary/aromatic N) is 2. The number of nitrogens with one attached hydrogen (secondary N) is 2. The molecule has 1 heterocycles. The molecule has 0 spiro atoms. The fourth-order valence-corrected chi connectivity index (χ4v) is 7.10. The van der Waals surface area contributed by atoms with Crippen molar-refractivity contribution in [1.82, 2.24) is 15.6 Å². The number of amides is 1. The summed E-state index contributed by atoms with van der Waals surface area (Å²) in [7, 11) is 0. The third-order valence-electron chi connectivity index (χ3n) is 7.47. The van der Waals surface area contributed by atoms with Crippen LogP contribution in [0.25, 0.3) is 11.3 Å². The molecular formula is C26H36ClN5O2S. The molecule has 1 amide bonds. The highest BCUT2D eigenvalue weighted by molar-refractivity contribution is 7.13. The molecule has 1 atom stereocenters. The van der Waals surface area contributed by atoms with E-state index in [0.29, 0.717) is 18.3 Å². The van der Waals surface area contributed by atoms with Crippen LogP contribution in [0.3, 0.4) is 0 Å². The smallest absolute Gasteiger partial charge is 0.217 e. The minimum atomic E-state index is -0.340. The van der Waals surface area contributed by atoms with Gasteiger partial charge >= 0.3 is 0 Å². The molecule has 0 radical (unpaired) electrons. The predicted octanol–water partition coefficient (Wildman–Crippen LogP) is 4.43. The van der Waals surface area contributed by atoms with Crippen molar-refractivity contribution in [3.8, 4) is 11.3 Å². The highest BCUT2D eigenvalue weighted by Gasteiger charge is 2.51. The van der Waals surface area contributed by atoms with Crippen molar-refractivity contribution in [1.29, 1.82) is 0 Å². The summed E-state index contributed by atoms with van der Waals surface area (Å²) in [5.41, 5.74) is 9.24. The topological polar surface area (TPSA) is 102 Å². The van der Waals surface area contributed by atoms with E-state index < -0.39 is 0 Å². The molecule has 2 aromatic rings. The number of nitrogens with two attached hydrogens (primary N) is 1. The van der Waals surface area contributed by atoms with Gasteiger partial charge in [0.2, 0.25) is 11.0 Å². The van der Waals surface area contributed by atoms with Crippen molar-refractivity contribution in [2.24, 2.45) is 28.5 Å². The first-order valence-electron chi connectivity index (χ1n) is 12.4. The number of ether oxygens (including phenoxy) is 1. The van der Waals surface area contributed by atoms with Gasteiger partial charge in [0, 0.05) is 37.2 Å². The Morgan fingerprint density at radius 2 is 2.00 bits per heavy atom. The summed E-state index contributed by atoms with van der Waals surface area (Å²) in [5.74, 6) is 2.66. The Morgan fingerprint density at radius 3 is 2.69 bits per heavy atom. The van der Waals surface area contributed by atoms with E-state index in [4.69, 9.17) is 10.5 Å². The number of carbonyl (C=O) groups excluding carboxylic acids is 1. The fourth-order valence-electron chi connectivity index (χ4n) is 6.42. The number of rotatable bonds is 10. The van der Waals surface area contributed by atoms with Crippen LogP contribution in [0.2, 0.25) is 0 Å². The quantitative estimate of drug-likeness (QED) is 0.246. The second-order valence-electron chi connectivity index (χ2n) is 10.3. The molecule has 4 saturated carbocycles. The third kappa shape index (κ3) is 6.68. The van der Waals surface area contributed by atoms with Crippen molar-refractivity contribution in [2.45, 2.75) is 63.8 Å². The number of halogens is 1. The Morgan fingerprint density at radius 1 is 1.29 bits per heavy atom. The largest absolute Gasteiger partial charge is 0.374 e. The number of hydrogen-bond acceptors (Lipinski definition) is 7. The zero-order chi connectivity index (χ0) is 23.5. The van der Waals surface area contributed by atoms with Gasteiger partial charge in [0.05, 0.1) is 24.1 Å². The van der Waals surface area contributed by atoms with Crippen molar-refractivity contribution in [2.75, 3.05) is 13.2 Å². The first-order valence-corrected chi connectivity index (χ1v) is 13.3. The van der Waals surface area contributed by atoms with Crippen LogP contribution in [0.4, 0.5) is 5.13 Å². The van der Waals surface area contributed by atoms with Gasteiger partial charge in [-0.25, -0.2) is 9.98 Å². The number of aliphatic imine (C=N–C) groups is 1. The summed E-state index contributed by atoms with van der Waals surface area (Å²) >= 11 is 1.48. The van der Waals surface area contributed by atoms with Crippen LogP contribution < -0.4 is 16.4 Å². The lowest BCUT2D eigenvalue weighted by atomic mass is 9.54. The van der Waals surface area contributed by atoms with Crippen molar-refractivity contribution in [3.63, 3.8) is 0 Å². The molecule has 0 aliphatic heterocycles. The Balaban J connectivity index is 0.00000289. The van der Waals surface area contributed by atoms with Gasteiger partial charge in [-0.3, -0.25) is 10.1 Å². The molecule has 190 valence electrons. The second kappa shape index (κ2) is 11.5. The lowest BCUT2D eigenvalue weighted by Crippen LogP contribution is -2.52. The van der Waals surface area contributed by atoms with E-state index in [1.54, 1.807) is 6.21 Å². The fraction of sp³-hybridized carbons (Fsp3) is 0.577. The van der Waals surface area contributed by atoms with Crippen molar-refractivity contribution >= 4 is 41.0 Å². The van der Waals surface area contributed by atoms with Gasteiger partial charge in [-0.05, 0) is 67.9 Å². The lowest BCUT2D eigenvalue weighted by molar-refractivity contribution is -0.161.